The Bertz CT molecular complexity index is 1280. The van der Waals surface area contributed by atoms with Gasteiger partial charge in [-0.05, 0) is 42.0 Å². The number of rotatable bonds is 8. The van der Waals surface area contributed by atoms with Gasteiger partial charge in [0, 0.05) is 13.0 Å². The summed E-state index contributed by atoms with van der Waals surface area (Å²) >= 11 is 18.4. The number of aromatic nitrogens is 2. The maximum Gasteiger partial charge on any atom is 0.326 e. The molecule has 1 aliphatic carbocycles. The molecule has 1 saturated carbocycles. The van der Waals surface area contributed by atoms with Crippen LogP contribution in [0.5, 0.6) is 0 Å². The zero-order valence-electron chi connectivity index (χ0n) is 17.8. The van der Waals surface area contributed by atoms with Gasteiger partial charge in [0.2, 0.25) is 0 Å². The predicted molar refractivity (Wildman–Crippen MR) is 131 cm³/mol. The number of aliphatic carboxylic acids is 1. The molecule has 1 amide bonds. The Morgan fingerprint density at radius 1 is 1.06 bits per heavy atom. The molecule has 1 heterocycles. The summed E-state index contributed by atoms with van der Waals surface area (Å²) in [6, 6.07) is 10.2. The normalized spacial score (nSPS) is 14.0. The van der Waals surface area contributed by atoms with E-state index in [1.54, 1.807) is 30.3 Å². The van der Waals surface area contributed by atoms with E-state index >= 15 is 0 Å². The van der Waals surface area contributed by atoms with Crippen LogP contribution in [0, 0.1) is 5.92 Å². The van der Waals surface area contributed by atoms with E-state index in [9.17, 15) is 19.5 Å². The van der Waals surface area contributed by atoms with Crippen LogP contribution in [-0.2, 0) is 17.8 Å². The fourth-order valence-electron chi connectivity index (χ4n) is 3.59. The second kappa shape index (κ2) is 10.2. The van der Waals surface area contributed by atoms with Crippen LogP contribution in [0.1, 0.15) is 28.8 Å². The minimum Gasteiger partial charge on any atom is -0.480 e. The average Bonchev–Trinajstić information content (AvgIpc) is 3.60. The quantitative estimate of drug-likeness (QED) is 0.448. The Labute approximate surface area is 210 Å². The van der Waals surface area contributed by atoms with Crippen molar-refractivity contribution in [3.63, 3.8) is 0 Å². The summed E-state index contributed by atoms with van der Waals surface area (Å²) in [7, 11) is 0. The number of carboxylic acid groups (broad SMARTS) is 1. The first-order valence-electron chi connectivity index (χ1n) is 10.6. The summed E-state index contributed by atoms with van der Waals surface area (Å²) in [5.41, 5.74) is 1.34. The van der Waals surface area contributed by atoms with Crippen LogP contribution in [0.15, 0.2) is 53.5 Å². The van der Waals surface area contributed by atoms with Crippen LogP contribution in [-0.4, -0.2) is 32.8 Å². The van der Waals surface area contributed by atoms with Gasteiger partial charge in [-0.25, -0.2) is 9.48 Å². The van der Waals surface area contributed by atoms with Crippen molar-refractivity contribution in [1.82, 2.24) is 15.1 Å². The summed E-state index contributed by atoms with van der Waals surface area (Å²) < 4.78 is 1.43. The summed E-state index contributed by atoms with van der Waals surface area (Å²) in [5.74, 6) is -1.41. The van der Waals surface area contributed by atoms with E-state index < -0.39 is 17.9 Å². The van der Waals surface area contributed by atoms with E-state index in [2.05, 4.69) is 10.4 Å². The second-order valence-corrected chi connectivity index (χ2v) is 9.38. The largest absolute Gasteiger partial charge is 0.480 e. The Balaban J connectivity index is 1.53. The smallest absolute Gasteiger partial charge is 0.326 e. The lowest BCUT2D eigenvalue weighted by molar-refractivity contribution is -0.139. The van der Waals surface area contributed by atoms with Crippen LogP contribution in [0.4, 0.5) is 0 Å². The predicted octanol–water partition coefficient (Wildman–Crippen LogP) is 4.71. The molecule has 0 saturated heterocycles. The molecule has 176 valence electrons. The third-order valence-electron chi connectivity index (χ3n) is 5.60. The molecule has 2 aromatic carbocycles. The molecular formula is C24H20Cl3N3O4. The third-order valence-corrected chi connectivity index (χ3v) is 6.52. The summed E-state index contributed by atoms with van der Waals surface area (Å²) in [5, 5.41) is 16.7. The van der Waals surface area contributed by atoms with Crippen LogP contribution in [0.2, 0.25) is 15.1 Å². The highest BCUT2D eigenvalue weighted by Gasteiger charge is 2.25. The van der Waals surface area contributed by atoms with Gasteiger partial charge in [0.1, 0.15) is 6.04 Å². The topological polar surface area (TPSA) is 101 Å². The van der Waals surface area contributed by atoms with Crippen LogP contribution in [0.25, 0.3) is 11.1 Å². The average molecular weight is 521 g/mol. The van der Waals surface area contributed by atoms with Crippen molar-refractivity contribution < 1.29 is 14.7 Å². The van der Waals surface area contributed by atoms with Crippen molar-refractivity contribution in [2.24, 2.45) is 5.92 Å². The minimum absolute atomic E-state index is 0.0133. The molecule has 1 unspecified atom stereocenters. The molecule has 2 N–H and O–H groups in total. The van der Waals surface area contributed by atoms with Gasteiger partial charge in [-0.1, -0.05) is 65.1 Å². The number of hydrogen-bond acceptors (Lipinski definition) is 4. The lowest BCUT2D eigenvalue weighted by Crippen LogP contribution is -2.42. The SMILES string of the molecule is O=C(NC(Cc1ccc(-c2c(Cl)cnn(CC3CC3)c2=O)cc1)C(=O)O)c1c(Cl)cccc1Cl. The first-order chi connectivity index (χ1) is 16.2. The second-order valence-electron chi connectivity index (χ2n) is 8.16. The summed E-state index contributed by atoms with van der Waals surface area (Å²) in [4.78, 5) is 37.3. The number of hydrogen-bond donors (Lipinski definition) is 2. The highest BCUT2D eigenvalue weighted by atomic mass is 35.5. The van der Waals surface area contributed by atoms with Crippen molar-refractivity contribution in [3.05, 3.63) is 85.2 Å². The fraction of sp³-hybridized carbons (Fsp3) is 0.250. The van der Waals surface area contributed by atoms with Crippen LogP contribution in [0.3, 0.4) is 0 Å². The zero-order valence-corrected chi connectivity index (χ0v) is 20.1. The van der Waals surface area contributed by atoms with Gasteiger partial charge in [-0.2, -0.15) is 5.10 Å². The van der Waals surface area contributed by atoms with Gasteiger partial charge >= 0.3 is 5.97 Å². The number of nitrogens with zero attached hydrogens (tertiary/aromatic N) is 2. The zero-order chi connectivity index (χ0) is 24.4. The van der Waals surface area contributed by atoms with Gasteiger partial charge in [0.05, 0.1) is 32.4 Å². The van der Waals surface area contributed by atoms with E-state index in [4.69, 9.17) is 34.8 Å². The Kier molecular flexibility index (Phi) is 7.26. The third kappa shape index (κ3) is 5.43. The first kappa shape index (κ1) is 24.3. The summed E-state index contributed by atoms with van der Waals surface area (Å²) in [6.45, 7) is 0.566. The molecule has 0 spiro atoms. The molecule has 34 heavy (non-hydrogen) atoms. The number of amides is 1. The van der Waals surface area contributed by atoms with Crippen LogP contribution >= 0.6 is 34.8 Å². The van der Waals surface area contributed by atoms with Crippen molar-refractivity contribution in [2.45, 2.75) is 31.8 Å². The molecule has 1 atom stereocenters. The molecule has 1 aromatic heterocycles. The molecule has 7 nitrogen and oxygen atoms in total. The standard InChI is InChI=1S/C24H20Cl3N3O4/c25-16-2-1-3-17(26)21(16)22(31)29-19(24(33)34)10-13-6-8-15(9-7-13)20-18(27)11-28-30(23(20)32)12-14-4-5-14/h1-3,6-9,11,14,19H,4-5,10,12H2,(H,29,31)(H,33,34). The van der Waals surface area contributed by atoms with Gasteiger partial charge in [-0.3, -0.25) is 9.59 Å². The highest BCUT2D eigenvalue weighted by Crippen LogP contribution is 2.31. The highest BCUT2D eigenvalue weighted by molar-refractivity contribution is 6.39. The molecule has 1 fully saturated rings. The minimum atomic E-state index is -1.22. The van der Waals surface area contributed by atoms with E-state index in [0.717, 1.165) is 12.8 Å². The number of carbonyl (C=O) groups excluding carboxylic acids is 1. The first-order valence-corrected chi connectivity index (χ1v) is 11.7. The maximum absolute atomic E-state index is 12.9. The summed E-state index contributed by atoms with van der Waals surface area (Å²) in [6.07, 6.45) is 3.65. The molecule has 0 radical (unpaired) electrons. The molecule has 0 aliphatic heterocycles. The number of carboxylic acids is 1. The molecule has 0 bridgehead atoms. The fourth-order valence-corrected chi connectivity index (χ4v) is 4.40. The van der Waals surface area contributed by atoms with E-state index in [1.807, 2.05) is 0 Å². The number of carbonyl (C=O) groups is 2. The van der Waals surface area contributed by atoms with Crippen LogP contribution < -0.4 is 10.9 Å². The molecule has 3 aromatic rings. The molecule has 10 heteroatoms. The Morgan fingerprint density at radius 3 is 2.29 bits per heavy atom. The van der Waals surface area contributed by atoms with Gasteiger partial charge in [-0.15, -0.1) is 0 Å². The Morgan fingerprint density at radius 2 is 1.71 bits per heavy atom. The number of nitrogens with one attached hydrogen (secondary N) is 1. The monoisotopic (exact) mass is 519 g/mol. The number of benzene rings is 2. The van der Waals surface area contributed by atoms with Gasteiger partial charge in [0.15, 0.2) is 0 Å². The lowest BCUT2D eigenvalue weighted by Gasteiger charge is -2.16. The van der Waals surface area contributed by atoms with Gasteiger partial charge < -0.3 is 10.4 Å². The van der Waals surface area contributed by atoms with Crippen molar-refractivity contribution >= 4 is 46.7 Å². The number of halogens is 3. The van der Waals surface area contributed by atoms with Crippen molar-refractivity contribution in [2.75, 3.05) is 0 Å². The van der Waals surface area contributed by atoms with E-state index in [-0.39, 0.29) is 32.6 Å². The van der Waals surface area contributed by atoms with Gasteiger partial charge in [0.25, 0.3) is 11.5 Å². The Hall–Kier alpha value is -2.87. The van der Waals surface area contributed by atoms with Crippen molar-refractivity contribution in [1.29, 1.82) is 0 Å². The maximum atomic E-state index is 12.9. The molecule has 1 aliphatic rings. The van der Waals surface area contributed by atoms with E-state index in [1.165, 1.54) is 23.0 Å². The molecular weight excluding hydrogens is 501 g/mol. The molecule has 4 rings (SSSR count). The van der Waals surface area contributed by atoms with Crippen molar-refractivity contribution in [3.8, 4) is 11.1 Å². The van der Waals surface area contributed by atoms with E-state index in [0.29, 0.717) is 29.2 Å². The lowest BCUT2D eigenvalue weighted by atomic mass is 10.0.